The molecule has 1 heterocycles. The molecule has 12 heteroatoms. The van der Waals surface area contributed by atoms with Gasteiger partial charge in [-0.05, 0) is 13.3 Å². The van der Waals surface area contributed by atoms with E-state index in [1.165, 1.54) is 27.2 Å². The molecule has 1 rings (SSSR count). The Kier molecular flexibility index (Phi) is 8.12. The van der Waals surface area contributed by atoms with E-state index in [0.717, 1.165) is 9.13 Å². The first kappa shape index (κ1) is 23.7. The van der Waals surface area contributed by atoms with Gasteiger partial charge < -0.3 is 29.3 Å². The summed E-state index contributed by atoms with van der Waals surface area (Å²) in [7, 11) is -2.01. The summed E-state index contributed by atoms with van der Waals surface area (Å²) in [6.45, 7) is 2.36. The second-order valence-electron chi connectivity index (χ2n) is 6.52. The van der Waals surface area contributed by atoms with E-state index in [1.807, 2.05) is 0 Å². The third-order valence-corrected chi connectivity index (χ3v) is 5.01. The fraction of sp³-hybridized carbons (Fsp3) is 0.733. The Balaban J connectivity index is 3.07. The number of aliphatic hydroxyl groups excluding tert-OH is 2. The molecule has 0 aromatic carbocycles. The maximum atomic E-state index is 12.4. The molecule has 0 aliphatic carbocycles. The highest BCUT2D eigenvalue weighted by Crippen LogP contribution is 2.43. The van der Waals surface area contributed by atoms with Crippen LogP contribution in [0.2, 0.25) is 0 Å². The van der Waals surface area contributed by atoms with Crippen LogP contribution in [0.3, 0.4) is 0 Å². The van der Waals surface area contributed by atoms with E-state index < -0.39 is 43.5 Å². The second kappa shape index (κ2) is 9.24. The van der Waals surface area contributed by atoms with Crippen LogP contribution < -0.4 is 11.2 Å². The van der Waals surface area contributed by atoms with Crippen molar-refractivity contribution in [2.24, 2.45) is 14.1 Å². The van der Waals surface area contributed by atoms with E-state index >= 15 is 0 Å². The number of ether oxygens (including phenoxy) is 1. The number of hydrogen-bond donors (Lipinski definition) is 4. The minimum absolute atomic E-state index is 0.0322. The number of aromatic nitrogens is 2. The summed E-state index contributed by atoms with van der Waals surface area (Å²) in [6.07, 6.45) is -1.13. The van der Waals surface area contributed by atoms with Gasteiger partial charge in [-0.25, -0.2) is 9.36 Å². The van der Waals surface area contributed by atoms with Crippen LogP contribution in [0.4, 0.5) is 0 Å². The molecule has 0 bridgehead atoms. The van der Waals surface area contributed by atoms with Crippen LogP contribution in [0.25, 0.3) is 0 Å². The van der Waals surface area contributed by atoms with E-state index in [1.54, 1.807) is 6.92 Å². The minimum Gasteiger partial charge on any atom is -0.394 e. The zero-order chi connectivity index (χ0) is 21.0. The highest BCUT2D eigenvalue weighted by molar-refractivity contribution is 7.46. The lowest BCUT2D eigenvalue weighted by atomic mass is 10.00. The standard InChI is InChI=1S/C15H27N2O9P/c1-5-15(2,26-27(22,23)24)6-7-25-12(11(19)9-18)10-8-16(3)14(21)17(4)13(10)20/h8,11-12,18-19H,5-7,9H2,1-4H3,(H2,22,23,24)/t11-,12+,15?/m1/s1. The van der Waals surface area contributed by atoms with Gasteiger partial charge in [-0.2, -0.15) is 0 Å². The van der Waals surface area contributed by atoms with Crippen molar-refractivity contribution in [1.82, 2.24) is 9.13 Å². The van der Waals surface area contributed by atoms with Crippen molar-refractivity contribution >= 4 is 7.82 Å². The van der Waals surface area contributed by atoms with Crippen molar-refractivity contribution in [3.05, 3.63) is 32.6 Å². The van der Waals surface area contributed by atoms with Crippen LogP contribution in [-0.4, -0.2) is 54.1 Å². The lowest BCUT2D eigenvalue weighted by Crippen LogP contribution is -2.41. The summed E-state index contributed by atoms with van der Waals surface area (Å²) < 4.78 is 23.4. The van der Waals surface area contributed by atoms with Crippen LogP contribution in [0.1, 0.15) is 38.4 Å². The molecule has 156 valence electrons. The number of phosphoric acid groups is 1. The molecule has 3 atom stereocenters. The Hall–Kier alpha value is -1.33. The maximum Gasteiger partial charge on any atom is 0.470 e. The highest BCUT2D eigenvalue weighted by Gasteiger charge is 2.33. The molecule has 0 aliphatic rings. The van der Waals surface area contributed by atoms with Gasteiger partial charge in [-0.3, -0.25) is 13.9 Å². The fourth-order valence-electron chi connectivity index (χ4n) is 2.51. The van der Waals surface area contributed by atoms with Gasteiger partial charge in [0, 0.05) is 26.7 Å². The first-order valence-electron chi connectivity index (χ1n) is 8.28. The van der Waals surface area contributed by atoms with Gasteiger partial charge in [0.05, 0.1) is 24.4 Å². The van der Waals surface area contributed by atoms with Gasteiger partial charge in [-0.1, -0.05) is 6.92 Å². The van der Waals surface area contributed by atoms with Crippen LogP contribution in [0.5, 0.6) is 0 Å². The monoisotopic (exact) mass is 410 g/mol. The van der Waals surface area contributed by atoms with E-state index in [2.05, 4.69) is 0 Å². The zero-order valence-electron chi connectivity index (χ0n) is 15.7. The van der Waals surface area contributed by atoms with Gasteiger partial charge in [0.1, 0.15) is 12.2 Å². The van der Waals surface area contributed by atoms with Crippen LogP contribution in [-0.2, 0) is 27.9 Å². The molecular weight excluding hydrogens is 383 g/mol. The van der Waals surface area contributed by atoms with Crippen molar-refractivity contribution in [2.45, 2.75) is 44.5 Å². The Labute approximate surface area is 156 Å². The number of aryl methyl sites for hydroxylation is 1. The first-order chi connectivity index (χ1) is 12.3. The molecule has 1 unspecified atom stereocenters. The molecule has 1 aromatic rings. The predicted molar refractivity (Wildman–Crippen MR) is 95.2 cm³/mol. The van der Waals surface area contributed by atoms with Gasteiger partial charge in [0.15, 0.2) is 0 Å². The number of nitrogens with zero attached hydrogens (tertiary/aromatic N) is 2. The summed E-state index contributed by atoms with van der Waals surface area (Å²) in [5.74, 6) is 0. The second-order valence-corrected chi connectivity index (χ2v) is 7.68. The van der Waals surface area contributed by atoms with Crippen molar-refractivity contribution in [2.75, 3.05) is 13.2 Å². The minimum atomic E-state index is -4.71. The SMILES string of the molecule is CCC(C)(CCO[C@@H](c1cn(C)c(=O)n(C)c1=O)[C@H](O)CO)OP(=O)(O)O. The van der Waals surface area contributed by atoms with E-state index in [4.69, 9.17) is 19.0 Å². The molecule has 0 amide bonds. The van der Waals surface area contributed by atoms with Crippen molar-refractivity contribution in [3.63, 3.8) is 0 Å². The maximum absolute atomic E-state index is 12.4. The van der Waals surface area contributed by atoms with Crippen molar-refractivity contribution in [3.8, 4) is 0 Å². The molecule has 27 heavy (non-hydrogen) atoms. The van der Waals surface area contributed by atoms with Crippen molar-refractivity contribution < 1.29 is 33.8 Å². The van der Waals surface area contributed by atoms with Crippen molar-refractivity contribution in [1.29, 1.82) is 0 Å². The third kappa shape index (κ3) is 6.35. The number of phosphoric ester groups is 1. The molecule has 0 radical (unpaired) electrons. The van der Waals surface area contributed by atoms with Gasteiger partial charge >= 0.3 is 13.5 Å². The van der Waals surface area contributed by atoms with Gasteiger partial charge in [0.2, 0.25) is 0 Å². The molecule has 4 N–H and O–H groups in total. The molecule has 0 saturated heterocycles. The number of hydrogen-bond acceptors (Lipinski definition) is 7. The Morgan fingerprint density at radius 2 is 1.89 bits per heavy atom. The highest BCUT2D eigenvalue weighted by atomic mass is 31.2. The summed E-state index contributed by atoms with van der Waals surface area (Å²) in [5, 5.41) is 19.3. The average molecular weight is 410 g/mol. The summed E-state index contributed by atoms with van der Waals surface area (Å²) in [6, 6.07) is 0. The normalized spacial score (nSPS) is 16.7. The molecule has 0 spiro atoms. The van der Waals surface area contributed by atoms with E-state index in [-0.39, 0.29) is 25.0 Å². The molecule has 0 aliphatic heterocycles. The molecule has 0 saturated carbocycles. The molecule has 0 fully saturated rings. The largest absolute Gasteiger partial charge is 0.470 e. The summed E-state index contributed by atoms with van der Waals surface area (Å²) in [5.41, 5.74) is -2.47. The lowest BCUT2D eigenvalue weighted by Gasteiger charge is -2.30. The van der Waals surface area contributed by atoms with Gasteiger partial charge in [0.25, 0.3) is 5.56 Å². The van der Waals surface area contributed by atoms with Crippen LogP contribution >= 0.6 is 7.82 Å². The summed E-state index contributed by atoms with van der Waals surface area (Å²) in [4.78, 5) is 42.2. The smallest absolute Gasteiger partial charge is 0.394 e. The summed E-state index contributed by atoms with van der Waals surface area (Å²) >= 11 is 0. The Morgan fingerprint density at radius 1 is 1.30 bits per heavy atom. The van der Waals surface area contributed by atoms with E-state index in [0.29, 0.717) is 0 Å². The topological polar surface area (TPSA) is 160 Å². The predicted octanol–water partition coefficient (Wildman–Crippen LogP) is -0.837. The molecule has 1 aromatic heterocycles. The number of rotatable bonds is 10. The zero-order valence-corrected chi connectivity index (χ0v) is 16.6. The average Bonchev–Trinajstić information content (AvgIpc) is 2.58. The van der Waals surface area contributed by atoms with Crippen LogP contribution in [0, 0.1) is 0 Å². The molecule has 11 nitrogen and oxygen atoms in total. The van der Waals surface area contributed by atoms with E-state index in [9.17, 15) is 24.4 Å². The first-order valence-corrected chi connectivity index (χ1v) is 9.81. The Morgan fingerprint density at radius 3 is 2.37 bits per heavy atom. The van der Waals surface area contributed by atoms with Crippen LogP contribution in [0.15, 0.2) is 15.8 Å². The fourth-order valence-corrected chi connectivity index (χ4v) is 3.31. The van der Waals surface area contributed by atoms with Gasteiger partial charge in [-0.15, -0.1) is 0 Å². The number of aliphatic hydroxyl groups is 2. The Bertz CT molecular complexity index is 799. The molecular formula is C15H27N2O9P. The third-order valence-electron chi connectivity index (χ3n) is 4.33. The lowest BCUT2D eigenvalue weighted by molar-refractivity contribution is -0.0760. The quantitative estimate of drug-likeness (QED) is 0.361.